The lowest BCUT2D eigenvalue weighted by Gasteiger charge is -2.08. The highest BCUT2D eigenvalue weighted by Crippen LogP contribution is 2.28. The van der Waals surface area contributed by atoms with Crippen LogP contribution in [0.1, 0.15) is 15.9 Å². The van der Waals surface area contributed by atoms with Crippen molar-refractivity contribution in [3.05, 3.63) is 58.4 Å². The Balaban J connectivity index is 2.62. The molecule has 1 N–H and O–H groups in total. The van der Waals surface area contributed by atoms with Crippen LogP contribution in [0.25, 0.3) is 11.1 Å². The van der Waals surface area contributed by atoms with Crippen LogP contribution in [0.4, 0.5) is 4.39 Å². The van der Waals surface area contributed by atoms with Crippen molar-refractivity contribution in [2.45, 2.75) is 6.92 Å². The third kappa shape index (κ3) is 2.22. The van der Waals surface area contributed by atoms with Gasteiger partial charge in [-0.3, -0.25) is 0 Å². The van der Waals surface area contributed by atoms with E-state index in [9.17, 15) is 9.18 Å². The fourth-order valence-electron chi connectivity index (χ4n) is 1.78. The highest BCUT2D eigenvalue weighted by atomic mass is 35.5. The molecule has 2 rings (SSSR count). The molecule has 0 radical (unpaired) electrons. The summed E-state index contributed by atoms with van der Waals surface area (Å²) in [5.74, 6) is -1.42. The van der Waals surface area contributed by atoms with E-state index in [1.165, 1.54) is 18.2 Å². The van der Waals surface area contributed by atoms with Crippen molar-refractivity contribution in [1.29, 1.82) is 0 Å². The van der Waals surface area contributed by atoms with E-state index >= 15 is 0 Å². The molecule has 0 amide bonds. The van der Waals surface area contributed by atoms with Crippen molar-refractivity contribution >= 4 is 17.6 Å². The Hall–Kier alpha value is -1.87. The quantitative estimate of drug-likeness (QED) is 0.885. The van der Waals surface area contributed by atoms with Gasteiger partial charge < -0.3 is 5.11 Å². The number of rotatable bonds is 2. The van der Waals surface area contributed by atoms with Gasteiger partial charge in [-0.2, -0.15) is 0 Å². The first-order valence-corrected chi connectivity index (χ1v) is 5.67. The van der Waals surface area contributed by atoms with Crippen molar-refractivity contribution in [3.8, 4) is 11.1 Å². The van der Waals surface area contributed by atoms with Gasteiger partial charge in [-0.25, -0.2) is 9.18 Å². The lowest BCUT2D eigenvalue weighted by atomic mass is 9.98. The van der Waals surface area contributed by atoms with Gasteiger partial charge in [-0.05, 0) is 41.8 Å². The van der Waals surface area contributed by atoms with Crippen LogP contribution in [0.15, 0.2) is 36.4 Å². The molecule has 4 heteroatoms. The minimum absolute atomic E-state index is 0.0119. The summed E-state index contributed by atoms with van der Waals surface area (Å²) in [6.07, 6.45) is 0. The van der Waals surface area contributed by atoms with Crippen molar-refractivity contribution in [2.24, 2.45) is 0 Å². The van der Waals surface area contributed by atoms with Crippen molar-refractivity contribution in [1.82, 2.24) is 0 Å². The first kappa shape index (κ1) is 12.6. The minimum Gasteiger partial charge on any atom is -0.478 e. The average Bonchev–Trinajstić information content (AvgIpc) is 2.33. The van der Waals surface area contributed by atoms with Gasteiger partial charge in [0.05, 0.1) is 10.6 Å². The number of carbonyl (C=O) groups is 1. The molecule has 0 saturated heterocycles. The maximum absolute atomic E-state index is 13.5. The second-order valence-electron chi connectivity index (χ2n) is 3.91. The Labute approximate surface area is 109 Å². The topological polar surface area (TPSA) is 37.3 Å². The zero-order valence-corrected chi connectivity index (χ0v) is 10.3. The maximum atomic E-state index is 13.5. The third-order valence-electron chi connectivity index (χ3n) is 2.78. The van der Waals surface area contributed by atoms with E-state index < -0.39 is 5.97 Å². The second kappa shape index (κ2) is 4.78. The van der Waals surface area contributed by atoms with E-state index in [0.717, 1.165) is 0 Å². The average molecular weight is 265 g/mol. The Bertz CT molecular complexity index is 623. The largest absolute Gasteiger partial charge is 0.478 e. The number of hydrogen-bond donors (Lipinski definition) is 1. The van der Waals surface area contributed by atoms with Gasteiger partial charge in [-0.15, -0.1) is 0 Å². The van der Waals surface area contributed by atoms with E-state index in [4.69, 9.17) is 16.7 Å². The van der Waals surface area contributed by atoms with Crippen LogP contribution in [-0.4, -0.2) is 11.1 Å². The van der Waals surface area contributed by atoms with E-state index in [2.05, 4.69) is 0 Å². The molecular formula is C14H10ClFO2. The number of hydrogen-bond acceptors (Lipinski definition) is 1. The summed E-state index contributed by atoms with van der Waals surface area (Å²) in [6.45, 7) is 1.65. The van der Waals surface area contributed by atoms with Crippen LogP contribution >= 0.6 is 11.6 Å². The monoisotopic (exact) mass is 264 g/mol. The summed E-state index contributed by atoms with van der Waals surface area (Å²) < 4.78 is 13.5. The predicted molar refractivity (Wildman–Crippen MR) is 68.5 cm³/mol. The van der Waals surface area contributed by atoms with Gasteiger partial charge in [0.2, 0.25) is 0 Å². The van der Waals surface area contributed by atoms with Crippen LogP contribution in [0.3, 0.4) is 0 Å². The Morgan fingerprint density at radius 3 is 2.67 bits per heavy atom. The third-order valence-corrected chi connectivity index (χ3v) is 3.11. The number of halogens is 2. The summed E-state index contributed by atoms with van der Waals surface area (Å²) in [6, 6.07) is 9.33. The van der Waals surface area contributed by atoms with Gasteiger partial charge in [0.15, 0.2) is 0 Å². The molecule has 2 aromatic carbocycles. The fourth-order valence-corrected chi connectivity index (χ4v) is 1.98. The molecule has 0 fully saturated rings. The standard InChI is InChI=1S/C14H10ClFO2/c1-8-10(3-2-4-13(8)16)9-5-6-12(15)11(7-9)14(17)18/h2-7H,1H3,(H,17,18). The maximum Gasteiger partial charge on any atom is 0.337 e. The minimum atomic E-state index is -1.10. The van der Waals surface area contributed by atoms with Gasteiger partial charge in [0.1, 0.15) is 5.82 Å². The molecule has 0 aliphatic rings. The molecule has 18 heavy (non-hydrogen) atoms. The lowest BCUT2D eigenvalue weighted by molar-refractivity contribution is 0.0697. The molecule has 92 valence electrons. The summed E-state index contributed by atoms with van der Waals surface area (Å²) in [5.41, 5.74) is 1.79. The zero-order valence-electron chi connectivity index (χ0n) is 9.58. The van der Waals surface area contributed by atoms with Crippen molar-refractivity contribution < 1.29 is 14.3 Å². The Morgan fingerprint density at radius 2 is 2.00 bits per heavy atom. The van der Waals surface area contributed by atoms with Gasteiger partial charge in [0, 0.05) is 0 Å². The molecule has 0 spiro atoms. The van der Waals surface area contributed by atoms with Crippen LogP contribution in [0.2, 0.25) is 5.02 Å². The van der Waals surface area contributed by atoms with Crippen LogP contribution in [0.5, 0.6) is 0 Å². The normalized spacial score (nSPS) is 10.4. The van der Waals surface area contributed by atoms with Gasteiger partial charge in [-0.1, -0.05) is 29.8 Å². The zero-order chi connectivity index (χ0) is 13.3. The van der Waals surface area contributed by atoms with Crippen LogP contribution < -0.4 is 0 Å². The molecule has 2 aromatic rings. The molecule has 0 saturated carbocycles. The SMILES string of the molecule is Cc1c(F)cccc1-c1ccc(Cl)c(C(=O)O)c1. The Morgan fingerprint density at radius 1 is 1.28 bits per heavy atom. The number of carboxylic acid groups (broad SMARTS) is 1. The van der Waals surface area contributed by atoms with Crippen molar-refractivity contribution in [3.63, 3.8) is 0 Å². The second-order valence-corrected chi connectivity index (χ2v) is 4.32. The van der Waals surface area contributed by atoms with Crippen molar-refractivity contribution in [2.75, 3.05) is 0 Å². The molecule has 0 bridgehead atoms. The molecule has 0 unspecified atom stereocenters. The smallest absolute Gasteiger partial charge is 0.337 e. The van der Waals surface area contributed by atoms with E-state index in [1.54, 1.807) is 25.1 Å². The summed E-state index contributed by atoms with van der Waals surface area (Å²) in [4.78, 5) is 11.0. The molecule has 0 heterocycles. The van der Waals surface area contributed by atoms with Gasteiger partial charge in [0.25, 0.3) is 0 Å². The van der Waals surface area contributed by atoms with E-state index in [0.29, 0.717) is 16.7 Å². The molecule has 0 aromatic heterocycles. The molecule has 2 nitrogen and oxygen atoms in total. The summed E-state index contributed by atoms with van der Waals surface area (Å²) in [5, 5.41) is 9.17. The molecular weight excluding hydrogens is 255 g/mol. The van der Waals surface area contributed by atoms with E-state index in [-0.39, 0.29) is 16.4 Å². The van der Waals surface area contributed by atoms with E-state index in [1.807, 2.05) is 0 Å². The lowest BCUT2D eigenvalue weighted by Crippen LogP contribution is -1.98. The number of carboxylic acids is 1. The first-order valence-electron chi connectivity index (χ1n) is 5.29. The first-order chi connectivity index (χ1) is 8.50. The molecule has 0 atom stereocenters. The fraction of sp³-hybridized carbons (Fsp3) is 0.0714. The van der Waals surface area contributed by atoms with Crippen LogP contribution in [-0.2, 0) is 0 Å². The highest BCUT2D eigenvalue weighted by molar-refractivity contribution is 6.33. The highest BCUT2D eigenvalue weighted by Gasteiger charge is 2.12. The Kier molecular flexibility index (Phi) is 3.34. The molecule has 0 aliphatic heterocycles. The summed E-state index contributed by atoms with van der Waals surface area (Å²) >= 11 is 5.79. The molecule has 0 aliphatic carbocycles. The number of aromatic carboxylic acids is 1. The predicted octanol–water partition coefficient (Wildman–Crippen LogP) is 4.15. The van der Waals surface area contributed by atoms with Gasteiger partial charge >= 0.3 is 5.97 Å². The summed E-state index contributed by atoms with van der Waals surface area (Å²) in [7, 11) is 0. The van der Waals surface area contributed by atoms with Crippen LogP contribution in [0, 0.1) is 12.7 Å². The number of benzene rings is 2.